The molecule has 0 aliphatic carbocycles. The number of hydrogen-bond acceptors (Lipinski definition) is 4. The summed E-state index contributed by atoms with van der Waals surface area (Å²) in [6, 6.07) is 23.9. The number of ether oxygens (including phenoxy) is 1. The molecule has 2 amide bonds. The van der Waals surface area contributed by atoms with Crippen molar-refractivity contribution in [2.45, 2.75) is 38.8 Å². The van der Waals surface area contributed by atoms with Crippen LogP contribution in [0.25, 0.3) is 10.8 Å². The van der Waals surface area contributed by atoms with Gasteiger partial charge in [0, 0.05) is 19.5 Å². The van der Waals surface area contributed by atoms with Gasteiger partial charge in [0.25, 0.3) is 0 Å². The number of unbranched alkanes of at least 4 members (excludes halogenated alkanes) is 2. The lowest BCUT2D eigenvalue weighted by molar-refractivity contribution is -0.129. The zero-order valence-electron chi connectivity index (χ0n) is 17.5. The highest BCUT2D eigenvalue weighted by molar-refractivity contribution is 5.83. The van der Waals surface area contributed by atoms with E-state index >= 15 is 0 Å². The second-order valence-corrected chi connectivity index (χ2v) is 7.49. The Kier molecular flexibility index (Phi) is 8.43. The quantitative estimate of drug-likeness (QED) is 0.273. The van der Waals surface area contributed by atoms with Crippen molar-refractivity contribution in [3.05, 3.63) is 83.9 Å². The van der Waals surface area contributed by atoms with Crippen LogP contribution in [0, 0.1) is 0 Å². The number of carbonyl (C=O) groups excluding carboxylic acids is 2. The third-order valence-electron chi connectivity index (χ3n) is 5.11. The van der Waals surface area contributed by atoms with E-state index in [-0.39, 0.29) is 19.1 Å². The molecule has 0 saturated carbocycles. The average molecular weight is 421 g/mol. The number of amides is 2. The van der Waals surface area contributed by atoms with Crippen LogP contribution in [0.4, 0.5) is 4.79 Å². The molecule has 0 heterocycles. The van der Waals surface area contributed by atoms with Gasteiger partial charge in [-0.15, -0.1) is 0 Å². The molecule has 0 saturated heterocycles. The molecule has 162 valence electrons. The molecule has 0 radical (unpaired) electrons. The normalized spacial score (nSPS) is 10.6. The highest BCUT2D eigenvalue weighted by Gasteiger charge is 2.16. The summed E-state index contributed by atoms with van der Waals surface area (Å²) in [5.74, 6) is -0.393. The number of benzene rings is 3. The Labute approximate surface area is 182 Å². The molecule has 0 aliphatic rings. The largest absolute Gasteiger partial charge is 0.445 e. The standard InChI is InChI=1S/C25H28N2O4/c28-24(26-30)13-5-2-8-16-27(25(29)31-19-20-9-3-1-4-10-20)18-21-14-15-22-11-6-7-12-23(22)17-21/h1,3-4,6-7,9-12,14-15,17,30H,2,5,8,13,16,18-19H2,(H,26,28). The van der Waals surface area contributed by atoms with Gasteiger partial charge in [-0.05, 0) is 40.8 Å². The third kappa shape index (κ3) is 7.12. The van der Waals surface area contributed by atoms with E-state index in [0.29, 0.717) is 19.5 Å². The predicted octanol–water partition coefficient (Wildman–Crippen LogP) is 5.04. The van der Waals surface area contributed by atoms with Gasteiger partial charge < -0.3 is 9.64 Å². The summed E-state index contributed by atoms with van der Waals surface area (Å²) < 4.78 is 5.55. The van der Waals surface area contributed by atoms with Gasteiger partial charge in [0.05, 0.1) is 0 Å². The first kappa shape index (κ1) is 22.3. The molecule has 6 nitrogen and oxygen atoms in total. The fourth-order valence-electron chi connectivity index (χ4n) is 3.42. The van der Waals surface area contributed by atoms with Crippen molar-refractivity contribution >= 4 is 22.8 Å². The van der Waals surface area contributed by atoms with E-state index in [0.717, 1.165) is 34.7 Å². The topological polar surface area (TPSA) is 78.9 Å². The second-order valence-electron chi connectivity index (χ2n) is 7.49. The maximum Gasteiger partial charge on any atom is 0.410 e. The summed E-state index contributed by atoms with van der Waals surface area (Å²) in [4.78, 5) is 25.7. The molecule has 2 N–H and O–H groups in total. The Morgan fingerprint density at radius 1 is 0.839 bits per heavy atom. The lowest BCUT2D eigenvalue weighted by Gasteiger charge is -2.22. The van der Waals surface area contributed by atoms with Crippen LogP contribution >= 0.6 is 0 Å². The molecule has 0 fully saturated rings. The van der Waals surface area contributed by atoms with Crippen molar-refractivity contribution in [2.75, 3.05) is 6.54 Å². The molecular formula is C25H28N2O4. The molecule has 3 rings (SSSR count). The summed E-state index contributed by atoms with van der Waals surface area (Å²) >= 11 is 0. The van der Waals surface area contributed by atoms with Crippen LogP contribution in [0.1, 0.15) is 36.8 Å². The van der Waals surface area contributed by atoms with E-state index in [9.17, 15) is 9.59 Å². The molecule has 0 bridgehead atoms. The van der Waals surface area contributed by atoms with Gasteiger partial charge in [0.15, 0.2) is 0 Å². The lowest BCUT2D eigenvalue weighted by Crippen LogP contribution is -2.32. The number of hydrogen-bond donors (Lipinski definition) is 2. The van der Waals surface area contributed by atoms with E-state index in [4.69, 9.17) is 9.94 Å². The Bertz CT molecular complexity index is 991. The number of hydroxylamine groups is 1. The van der Waals surface area contributed by atoms with E-state index < -0.39 is 5.91 Å². The van der Waals surface area contributed by atoms with Gasteiger partial charge in [-0.3, -0.25) is 10.0 Å². The van der Waals surface area contributed by atoms with Gasteiger partial charge in [-0.25, -0.2) is 10.3 Å². The minimum atomic E-state index is -0.393. The minimum absolute atomic E-state index is 0.227. The third-order valence-corrected chi connectivity index (χ3v) is 5.11. The number of fused-ring (bicyclic) bond motifs is 1. The van der Waals surface area contributed by atoms with Crippen molar-refractivity contribution in [2.24, 2.45) is 0 Å². The molecular weight excluding hydrogens is 392 g/mol. The summed E-state index contributed by atoms with van der Waals surface area (Å²) in [7, 11) is 0. The fraction of sp³-hybridized carbons (Fsp3) is 0.280. The van der Waals surface area contributed by atoms with Crippen molar-refractivity contribution in [1.29, 1.82) is 0 Å². The van der Waals surface area contributed by atoms with Crippen LogP contribution in [-0.4, -0.2) is 28.7 Å². The summed E-state index contributed by atoms with van der Waals surface area (Å²) in [5, 5.41) is 10.9. The van der Waals surface area contributed by atoms with Gasteiger partial charge in [-0.2, -0.15) is 0 Å². The van der Waals surface area contributed by atoms with Crippen LogP contribution in [0.15, 0.2) is 72.8 Å². The maximum atomic E-state index is 12.8. The van der Waals surface area contributed by atoms with Gasteiger partial charge in [-0.1, -0.05) is 73.2 Å². The minimum Gasteiger partial charge on any atom is -0.445 e. The van der Waals surface area contributed by atoms with E-state index in [1.807, 2.05) is 48.5 Å². The lowest BCUT2D eigenvalue weighted by atomic mass is 10.1. The Morgan fingerprint density at radius 3 is 2.35 bits per heavy atom. The Hall–Kier alpha value is -3.38. The van der Waals surface area contributed by atoms with Crippen LogP contribution in [0.3, 0.4) is 0 Å². The summed E-state index contributed by atoms with van der Waals surface area (Å²) in [6.07, 6.45) is 2.07. The molecule has 0 unspecified atom stereocenters. The molecule has 0 spiro atoms. The first-order valence-electron chi connectivity index (χ1n) is 10.5. The molecule has 6 heteroatoms. The monoisotopic (exact) mass is 420 g/mol. The van der Waals surface area contributed by atoms with E-state index in [2.05, 4.69) is 24.3 Å². The molecule has 0 aromatic heterocycles. The number of rotatable bonds is 10. The van der Waals surface area contributed by atoms with Gasteiger partial charge >= 0.3 is 6.09 Å². The van der Waals surface area contributed by atoms with Crippen LogP contribution < -0.4 is 5.48 Å². The molecule has 31 heavy (non-hydrogen) atoms. The smallest absolute Gasteiger partial charge is 0.410 e. The van der Waals surface area contributed by atoms with Crippen molar-refractivity contribution in [3.8, 4) is 0 Å². The SMILES string of the molecule is O=C(CCCCCN(Cc1ccc2ccccc2c1)C(=O)OCc1ccccc1)NO. The average Bonchev–Trinajstić information content (AvgIpc) is 2.82. The van der Waals surface area contributed by atoms with E-state index in [1.54, 1.807) is 10.4 Å². The van der Waals surface area contributed by atoms with Crippen molar-refractivity contribution in [1.82, 2.24) is 10.4 Å². The second kappa shape index (κ2) is 11.7. The van der Waals surface area contributed by atoms with Crippen LogP contribution in [-0.2, 0) is 22.7 Å². The molecule has 3 aromatic rings. The van der Waals surface area contributed by atoms with Crippen LogP contribution in [0.2, 0.25) is 0 Å². The Morgan fingerprint density at radius 2 is 1.58 bits per heavy atom. The highest BCUT2D eigenvalue weighted by Crippen LogP contribution is 2.18. The van der Waals surface area contributed by atoms with Gasteiger partial charge in [0.2, 0.25) is 5.91 Å². The van der Waals surface area contributed by atoms with E-state index in [1.165, 1.54) is 0 Å². The maximum absolute atomic E-state index is 12.8. The fourth-order valence-corrected chi connectivity index (χ4v) is 3.42. The van der Waals surface area contributed by atoms with Gasteiger partial charge in [0.1, 0.15) is 6.61 Å². The summed E-state index contributed by atoms with van der Waals surface area (Å²) in [6.45, 7) is 1.21. The number of nitrogens with zero attached hydrogens (tertiary/aromatic N) is 1. The first-order valence-corrected chi connectivity index (χ1v) is 10.5. The highest BCUT2D eigenvalue weighted by atomic mass is 16.6. The molecule has 0 aliphatic heterocycles. The van der Waals surface area contributed by atoms with Crippen molar-refractivity contribution in [3.63, 3.8) is 0 Å². The zero-order valence-corrected chi connectivity index (χ0v) is 17.5. The number of carbonyl (C=O) groups is 2. The number of nitrogens with one attached hydrogen (secondary N) is 1. The molecule has 0 atom stereocenters. The first-order chi connectivity index (χ1) is 15.2. The van der Waals surface area contributed by atoms with Crippen LogP contribution in [0.5, 0.6) is 0 Å². The van der Waals surface area contributed by atoms with Crippen molar-refractivity contribution < 1.29 is 19.5 Å². The summed E-state index contributed by atoms with van der Waals surface area (Å²) in [5.41, 5.74) is 3.62. The zero-order chi connectivity index (χ0) is 21.9. The molecule has 3 aromatic carbocycles. The Balaban J connectivity index is 1.62. The predicted molar refractivity (Wildman–Crippen MR) is 119 cm³/mol.